The normalized spacial score (nSPS) is 30.9. The summed E-state index contributed by atoms with van der Waals surface area (Å²) in [6.45, 7) is 1.49. The molecular formula is C25H27N3O6. The Hall–Kier alpha value is -3.49. The number of carbonyl (C=O) groups excluding carboxylic acids is 5. The Kier molecular flexibility index (Phi) is 5.30. The number of hydrogen-bond donors (Lipinski definition) is 0. The van der Waals surface area contributed by atoms with Crippen LogP contribution in [0.25, 0.3) is 6.08 Å². The Balaban J connectivity index is 1.56. The van der Waals surface area contributed by atoms with Gasteiger partial charge in [-0.05, 0) is 31.2 Å². The number of fused-ring (bicyclic) bond motifs is 3. The zero-order valence-corrected chi connectivity index (χ0v) is 19.2. The van der Waals surface area contributed by atoms with Crippen molar-refractivity contribution in [2.75, 3.05) is 26.7 Å². The Morgan fingerprint density at radius 2 is 1.82 bits per heavy atom. The molecule has 3 aliphatic heterocycles. The molecule has 9 nitrogen and oxygen atoms in total. The number of carbonyl (C=O) groups is 5. The lowest BCUT2D eigenvalue weighted by Gasteiger charge is -2.46. The van der Waals surface area contributed by atoms with Crippen molar-refractivity contribution in [1.29, 1.82) is 0 Å². The van der Waals surface area contributed by atoms with Crippen molar-refractivity contribution in [3.8, 4) is 0 Å². The third kappa shape index (κ3) is 3.33. The van der Waals surface area contributed by atoms with Gasteiger partial charge in [-0.1, -0.05) is 42.5 Å². The third-order valence-corrected chi connectivity index (χ3v) is 7.51. The lowest BCUT2D eigenvalue weighted by atomic mass is 9.79. The number of hydrogen-bond acceptors (Lipinski definition) is 6. The predicted molar refractivity (Wildman–Crippen MR) is 120 cm³/mol. The van der Waals surface area contributed by atoms with E-state index < -0.39 is 47.7 Å². The molecule has 0 bridgehead atoms. The molecule has 178 valence electrons. The molecule has 4 aliphatic rings. The quantitative estimate of drug-likeness (QED) is 0.452. The second-order valence-electron chi connectivity index (χ2n) is 9.64. The van der Waals surface area contributed by atoms with Crippen molar-refractivity contribution in [1.82, 2.24) is 14.7 Å². The van der Waals surface area contributed by atoms with E-state index in [9.17, 15) is 24.0 Å². The first-order chi connectivity index (χ1) is 16.3. The summed E-state index contributed by atoms with van der Waals surface area (Å²) >= 11 is 0. The molecule has 9 heteroatoms. The van der Waals surface area contributed by atoms with Crippen LogP contribution in [0.2, 0.25) is 0 Å². The molecule has 3 heterocycles. The molecular weight excluding hydrogens is 438 g/mol. The predicted octanol–water partition coefficient (Wildman–Crippen LogP) is 0.696. The average Bonchev–Trinajstić information content (AvgIpc) is 3.55. The Morgan fingerprint density at radius 3 is 2.47 bits per heavy atom. The molecule has 1 saturated carbocycles. The Labute approximate surface area is 197 Å². The molecule has 5 rings (SSSR count). The van der Waals surface area contributed by atoms with Crippen LogP contribution in [0.4, 0.5) is 0 Å². The van der Waals surface area contributed by atoms with E-state index in [0.29, 0.717) is 12.5 Å². The van der Waals surface area contributed by atoms with Crippen molar-refractivity contribution < 1.29 is 28.7 Å². The monoisotopic (exact) mass is 465 g/mol. The molecule has 1 aromatic carbocycles. The molecule has 0 spiro atoms. The van der Waals surface area contributed by atoms with Gasteiger partial charge in [-0.25, -0.2) is 0 Å². The van der Waals surface area contributed by atoms with Crippen LogP contribution in [-0.4, -0.2) is 82.6 Å². The van der Waals surface area contributed by atoms with Crippen molar-refractivity contribution in [3.63, 3.8) is 0 Å². The number of imide groups is 1. The van der Waals surface area contributed by atoms with E-state index in [-0.39, 0.29) is 18.4 Å². The molecule has 4 amide bonds. The number of likely N-dealkylation sites (tertiary alicyclic amines) is 1. The van der Waals surface area contributed by atoms with E-state index in [4.69, 9.17) is 0 Å². The molecule has 1 aliphatic carbocycles. The molecule has 3 saturated heterocycles. The van der Waals surface area contributed by atoms with Crippen molar-refractivity contribution in [2.45, 2.75) is 31.3 Å². The van der Waals surface area contributed by atoms with Crippen molar-refractivity contribution in [3.05, 3.63) is 42.0 Å². The maximum absolute atomic E-state index is 13.8. The highest BCUT2D eigenvalue weighted by Crippen LogP contribution is 2.51. The fraction of sp³-hybridized carbons (Fsp3) is 0.480. The van der Waals surface area contributed by atoms with E-state index in [2.05, 4.69) is 4.74 Å². The van der Waals surface area contributed by atoms with Gasteiger partial charge in [0.15, 0.2) is 0 Å². The molecule has 1 aromatic rings. The van der Waals surface area contributed by atoms with Gasteiger partial charge in [0.25, 0.3) is 0 Å². The van der Waals surface area contributed by atoms with E-state index in [1.165, 1.54) is 16.9 Å². The highest BCUT2D eigenvalue weighted by molar-refractivity contribution is 6.13. The first kappa shape index (κ1) is 22.3. The van der Waals surface area contributed by atoms with Crippen LogP contribution < -0.4 is 0 Å². The summed E-state index contributed by atoms with van der Waals surface area (Å²) in [5.74, 6) is -4.13. The fourth-order valence-electron chi connectivity index (χ4n) is 5.69. The van der Waals surface area contributed by atoms with Crippen LogP contribution in [0.5, 0.6) is 0 Å². The molecule has 4 fully saturated rings. The van der Waals surface area contributed by atoms with E-state index >= 15 is 0 Å². The van der Waals surface area contributed by atoms with Gasteiger partial charge in [-0.15, -0.1) is 0 Å². The van der Waals surface area contributed by atoms with E-state index in [0.717, 1.165) is 23.3 Å². The largest absolute Gasteiger partial charge is 0.468 e. The SMILES string of the molecule is COC(=O)CN1C(=O)[C@H]2[C@@H](/C=C/c3ccccc3)N3C(=O)CN(CC4CC4)C(=O)[C@@]3(C)[C@H]2C1=O. The van der Waals surface area contributed by atoms with E-state index in [1.807, 2.05) is 30.3 Å². The first-order valence-corrected chi connectivity index (χ1v) is 11.5. The van der Waals surface area contributed by atoms with Gasteiger partial charge in [0.1, 0.15) is 12.1 Å². The van der Waals surface area contributed by atoms with Gasteiger partial charge in [0.2, 0.25) is 23.6 Å². The van der Waals surface area contributed by atoms with Crippen molar-refractivity contribution >= 4 is 35.7 Å². The topological polar surface area (TPSA) is 104 Å². The van der Waals surface area contributed by atoms with Gasteiger partial charge in [0, 0.05) is 6.54 Å². The summed E-state index contributed by atoms with van der Waals surface area (Å²) in [6.07, 6.45) is 5.55. The zero-order valence-electron chi connectivity index (χ0n) is 19.2. The summed E-state index contributed by atoms with van der Waals surface area (Å²) in [7, 11) is 1.18. The van der Waals surface area contributed by atoms with Crippen LogP contribution >= 0.6 is 0 Å². The van der Waals surface area contributed by atoms with Crippen LogP contribution in [0.3, 0.4) is 0 Å². The standard InChI is InChI=1S/C25H27N3O6/c1-25-21-20(22(31)27(23(21)32)14-19(30)34-2)17(11-10-15-6-4-3-5-7-15)28(25)18(29)13-26(24(25)33)12-16-8-9-16/h3-7,10-11,16-17,20-21H,8-9,12-14H2,1-2H3/b11-10+/t17-,20+,21-,25-/m1/s1. The Morgan fingerprint density at radius 1 is 1.12 bits per heavy atom. The third-order valence-electron chi connectivity index (χ3n) is 7.51. The molecule has 0 N–H and O–H groups in total. The number of methoxy groups -OCH3 is 1. The second kappa shape index (κ2) is 8.07. The minimum Gasteiger partial charge on any atom is -0.468 e. The minimum atomic E-state index is -1.50. The average molecular weight is 466 g/mol. The summed E-state index contributed by atoms with van der Waals surface area (Å²) in [6, 6.07) is 8.60. The highest BCUT2D eigenvalue weighted by atomic mass is 16.5. The fourth-order valence-corrected chi connectivity index (χ4v) is 5.69. The summed E-state index contributed by atoms with van der Waals surface area (Å²) in [4.78, 5) is 69.9. The van der Waals surface area contributed by atoms with Crippen LogP contribution in [0.15, 0.2) is 36.4 Å². The number of benzene rings is 1. The van der Waals surface area contributed by atoms with Crippen LogP contribution in [0, 0.1) is 17.8 Å². The number of amides is 4. The number of piperazine rings is 1. The van der Waals surface area contributed by atoms with Gasteiger partial charge < -0.3 is 14.5 Å². The number of ether oxygens (including phenoxy) is 1. The molecule has 34 heavy (non-hydrogen) atoms. The molecule has 0 unspecified atom stereocenters. The number of esters is 1. The Bertz CT molecular complexity index is 1100. The molecule has 0 aromatic heterocycles. The summed E-state index contributed by atoms with van der Waals surface area (Å²) in [5.41, 5.74) is -0.639. The smallest absolute Gasteiger partial charge is 0.325 e. The van der Waals surface area contributed by atoms with Gasteiger partial charge >= 0.3 is 5.97 Å². The zero-order chi connectivity index (χ0) is 24.2. The summed E-state index contributed by atoms with van der Waals surface area (Å²) in [5, 5.41) is 0. The van der Waals surface area contributed by atoms with Crippen LogP contribution in [0.1, 0.15) is 25.3 Å². The lowest BCUT2D eigenvalue weighted by molar-refractivity contribution is -0.167. The van der Waals surface area contributed by atoms with Crippen molar-refractivity contribution in [2.24, 2.45) is 17.8 Å². The number of nitrogens with zero attached hydrogens (tertiary/aromatic N) is 3. The first-order valence-electron chi connectivity index (χ1n) is 11.5. The van der Waals surface area contributed by atoms with Gasteiger partial charge in [0.05, 0.1) is 31.5 Å². The lowest BCUT2D eigenvalue weighted by Crippen LogP contribution is -2.68. The minimum absolute atomic E-state index is 0.0612. The molecule has 0 radical (unpaired) electrons. The second-order valence-corrected chi connectivity index (χ2v) is 9.64. The maximum Gasteiger partial charge on any atom is 0.325 e. The van der Waals surface area contributed by atoms with Gasteiger partial charge in [-0.3, -0.25) is 28.9 Å². The van der Waals surface area contributed by atoms with E-state index in [1.54, 1.807) is 19.1 Å². The maximum atomic E-state index is 13.8. The molecule has 4 atom stereocenters. The highest BCUT2D eigenvalue weighted by Gasteiger charge is 2.72. The van der Waals surface area contributed by atoms with Crippen LogP contribution in [-0.2, 0) is 28.7 Å². The number of rotatable bonds is 6. The van der Waals surface area contributed by atoms with Gasteiger partial charge in [-0.2, -0.15) is 0 Å². The summed E-state index contributed by atoms with van der Waals surface area (Å²) < 4.78 is 4.66.